The van der Waals surface area contributed by atoms with Crippen LogP contribution in [0.1, 0.15) is 37.6 Å². The van der Waals surface area contributed by atoms with Crippen LogP contribution in [0.2, 0.25) is 5.02 Å². The highest BCUT2D eigenvalue weighted by Gasteiger charge is 2.37. The number of benzene rings is 1. The van der Waals surface area contributed by atoms with Crippen LogP contribution in [0, 0.1) is 0 Å². The molecule has 2 heterocycles. The van der Waals surface area contributed by atoms with Crippen LogP contribution in [0.5, 0.6) is 0 Å². The molecule has 0 aromatic heterocycles. The van der Waals surface area contributed by atoms with Crippen LogP contribution >= 0.6 is 27.5 Å². The standard InChI is InChI=1S/C19H25BrClN3O3/c1-19(2,3)27-18(26)23-7-8-24-12(11-23)5-6-22(4)16-10-14(20)15(21)9-13(16)17(24)25/h9-10,12H,5-8,11H2,1-4H3/t12-/m0/s1. The van der Waals surface area contributed by atoms with Crippen LogP contribution in [0.15, 0.2) is 16.6 Å². The molecule has 148 valence electrons. The van der Waals surface area contributed by atoms with Gasteiger partial charge in [0.1, 0.15) is 5.60 Å². The number of hydrogen-bond acceptors (Lipinski definition) is 4. The predicted octanol–water partition coefficient (Wildman–Crippen LogP) is 4.00. The highest BCUT2D eigenvalue weighted by molar-refractivity contribution is 9.10. The molecule has 3 rings (SSSR count). The first kappa shape index (κ1) is 20.3. The molecule has 2 aliphatic heterocycles. The van der Waals surface area contributed by atoms with E-state index in [0.717, 1.165) is 23.1 Å². The molecule has 0 bridgehead atoms. The second kappa shape index (κ2) is 7.51. The van der Waals surface area contributed by atoms with Gasteiger partial charge in [0, 0.05) is 37.7 Å². The van der Waals surface area contributed by atoms with Crippen molar-refractivity contribution in [2.24, 2.45) is 0 Å². The van der Waals surface area contributed by atoms with Gasteiger partial charge in [0.05, 0.1) is 22.3 Å². The molecule has 0 N–H and O–H groups in total. The number of carbonyl (C=O) groups excluding carboxylic acids is 2. The van der Waals surface area contributed by atoms with Gasteiger partial charge in [-0.25, -0.2) is 4.79 Å². The third-order valence-corrected chi connectivity index (χ3v) is 6.07. The number of piperazine rings is 1. The Morgan fingerprint density at radius 1 is 1.26 bits per heavy atom. The van der Waals surface area contributed by atoms with Crippen molar-refractivity contribution in [3.63, 3.8) is 0 Å². The minimum Gasteiger partial charge on any atom is -0.444 e. The van der Waals surface area contributed by atoms with Gasteiger partial charge in [-0.2, -0.15) is 0 Å². The van der Waals surface area contributed by atoms with Crippen molar-refractivity contribution in [3.05, 3.63) is 27.2 Å². The molecule has 0 unspecified atom stereocenters. The molecule has 1 aromatic carbocycles. The molecule has 0 radical (unpaired) electrons. The van der Waals surface area contributed by atoms with Crippen LogP contribution < -0.4 is 4.90 Å². The Kier molecular flexibility index (Phi) is 5.64. The first-order valence-electron chi connectivity index (χ1n) is 9.06. The zero-order chi connectivity index (χ0) is 19.9. The summed E-state index contributed by atoms with van der Waals surface area (Å²) in [6.07, 6.45) is 0.457. The number of nitrogens with zero attached hydrogens (tertiary/aromatic N) is 3. The molecule has 1 fully saturated rings. The van der Waals surface area contributed by atoms with Gasteiger partial charge in [-0.1, -0.05) is 11.6 Å². The van der Waals surface area contributed by atoms with Gasteiger partial charge >= 0.3 is 6.09 Å². The molecule has 1 saturated heterocycles. The SMILES string of the molecule is CN1CC[C@H]2CN(C(=O)OC(C)(C)C)CCN2C(=O)c2cc(Cl)c(Br)cc21. The van der Waals surface area contributed by atoms with Crippen LogP contribution in [0.4, 0.5) is 10.5 Å². The van der Waals surface area contributed by atoms with Gasteiger partial charge in [-0.3, -0.25) is 4.79 Å². The van der Waals surface area contributed by atoms with E-state index in [1.54, 1.807) is 11.0 Å². The average molecular weight is 459 g/mol. The summed E-state index contributed by atoms with van der Waals surface area (Å²) in [5.41, 5.74) is 0.930. The van der Waals surface area contributed by atoms with Crippen LogP contribution in [-0.4, -0.2) is 66.7 Å². The highest BCUT2D eigenvalue weighted by Crippen LogP contribution is 2.34. The van der Waals surface area contributed by atoms with E-state index in [0.29, 0.717) is 30.2 Å². The summed E-state index contributed by atoms with van der Waals surface area (Å²) in [5.74, 6) is -0.0419. The highest BCUT2D eigenvalue weighted by atomic mass is 79.9. The number of anilines is 1. The molecule has 8 heteroatoms. The zero-order valence-electron chi connectivity index (χ0n) is 16.1. The van der Waals surface area contributed by atoms with Crippen LogP contribution in [0.25, 0.3) is 0 Å². The fourth-order valence-electron chi connectivity index (χ4n) is 3.50. The van der Waals surface area contributed by atoms with E-state index in [9.17, 15) is 9.59 Å². The van der Waals surface area contributed by atoms with Gasteiger partial charge in [0.25, 0.3) is 5.91 Å². The molecule has 2 amide bonds. The minimum absolute atomic E-state index is 0.0419. The lowest BCUT2D eigenvalue weighted by Crippen LogP contribution is -2.58. The molecule has 0 saturated carbocycles. The maximum Gasteiger partial charge on any atom is 0.410 e. The zero-order valence-corrected chi connectivity index (χ0v) is 18.4. The lowest BCUT2D eigenvalue weighted by atomic mass is 10.0. The molecule has 0 aliphatic carbocycles. The van der Waals surface area contributed by atoms with E-state index in [1.165, 1.54) is 0 Å². The number of ether oxygens (including phenoxy) is 1. The molecule has 1 atom stereocenters. The largest absolute Gasteiger partial charge is 0.444 e. The van der Waals surface area contributed by atoms with Crippen LogP contribution in [0.3, 0.4) is 0 Å². The number of halogens is 2. The van der Waals surface area contributed by atoms with Gasteiger partial charge < -0.3 is 19.4 Å². The number of amides is 2. The van der Waals surface area contributed by atoms with Crippen molar-refractivity contribution in [1.29, 1.82) is 0 Å². The monoisotopic (exact) mass is 457 g/mol. The Labute approximate surface area is 173 Å². The van der Waals surface area contributed by atoms with Crippen molar-refractivity contribution in [2.75, 3.05) is 38.1 Å². The number of hydrogen-bond donors (Lipinski definition) is 0. The van der Waals surface area contributed by atoms with Crippen molar-refractivity contribution < 1.29 is 14.3 Å². The Morgan fingerprint density at radius 3 is 2.63 bits per heavy atom. The first-order valence-corrected chi connectivity index (χ1v) is 10.2. The van der Waals surface area contributed by atoms with Crippen molar-refractivity contribution in [3.8, 4) is 0 Å². The fourth-order valence-corrected chi connectivity index (χ4v) is 4.00. The Morgan fingerprint density at radius 2 is 1.96 bits per heavy atom. The molecule has 6 nitrogen and oxygen atoms in total. The molecule has 1 aromatic rings. The van der Waals surface area contributed by atoms with Crippen molar-refractivity contribution in [2.45, 2.75) is 38.8 Å². The summed E-state index contributed by atoms with van der Waals surface area (Å²) >= 11 is 9.69. The topological polar surface area (TPSA) is 53.1 Å². The second-order valence-electron chi connectivity index (χ2n) is 8.07. The fraction of sp³-hybridized carbons (Fsp3) is 0.579. The van der Waals surface area contributed by atoms with Gasteiger partial charge in [0.2, 0.25) is 0 Å². The van der Waals surface area contributed by atoms with E-state index in [2.05, 4.69) is 20.8 Å². The Balaban J connectivity index is 1.84. The summed E-state index contributed by atoms with van der Waals surface area (Å²) < 4.78 is 6.27. The van der Waals surface area contributed by atoms with E-state index in [-0.39, 0.29) is 18.0 Å². The van der Waals surface area contributed by atoms with E-state index in [1.807, 2.05) is 38.8 Å². The maximum atomic E-state index is 13.2. The quantitative estimate of drug-likeness (QED) is 0.589. The first-order chi connectivity index (χ1) is 12.6. The third kappa shape index (κ3) is 4.35. The Hall–Kier alpha value is -1.47. The van der Waals surface area contributed by atoms with Crippen molar-refractivity contribution in [1.82, 2.24) is 9.80 Å². The average Bonchev–Trinajstić information content (AvgIpc) is 2.58. The summed E-state index contributed by atoms with van der Waals surface area (Å²) in [6.45, 7) is 7.77. The number of fused-ring (bicyclic) bond motifs is 2. The smallest absolute Gasteiger partial charge is 0.410 e. The third-order valence-electron chi connectivity index (χ3n) is 4.87. The van der Waals surface area contributed by atoms with Crippen molar-refractivity contribution >= 4 is 45.2 Å². The van der Waals surface area contributed by atoms with Crippen LogP contribution in [-0.2, 0) is 4.74 Å². The van der Waals surface area contributed by atoms with Gasteiger partial charge in [-0.15, -0.1) is 0 Å². The summed E-state index contributed by atoms with van der Waals surface area (Å²) in [5, 5.41) is 0.514. The number of carbonyl (C=O) groups is 2. The van der Waals surface area contributed by atoms with Gasteiger partial charge in [-0.05, 0) is 55.3 Å². The normalized spacial score (nSPS) is 20.6. The second-order valence-corrected chi connectivity index (χ2v) is 9.33. The molecule has 0 spiro atoms. The lowest BCUT2D eigenvalue weighted by Gasteiger charge is -2.44. The summed E-state index contributed by atoms with van der Waals surface area (Å²) in [4.78, 5) is 31.3. The van der Waals surface area contributed by atoms with E-state index >= 15 is 0 Å². The minimum atomic E-state index is -0.533. The molecular formula is C19H25BrClN3O3. The molecule has 2 aliphatic rings. The molecular weight excluding hydrogens is 434 g/mol. The predicted molar refractivity (Wildman–Crippen MR) is 110 cm³/mol. The Bertz CT molecular complexity index is 765. The maximum absolute atomic E-state index is 13.2. The van der Waals surface area contributed by atoms with Gasteiger partial charge in [0.15, 0.2) is 0 Å². The molecule has 27 heavy (non-hydrogen) atoms. The number of rotatable bonds is 0. The summed E-state index contributed by atoms with van der Waals surface area (Å²) in [6, 6.07) is 3.58. The summed E-state index contributed by atoms with van der Waals surface area (Å²) in [7, 11) is 1.97. The lowest BCUT2D eigenvalue weighted by molar-refractivity contribution is 0.00351. The van der Waals surface area contributed by atoms with E-state index < -0.39 is 5.60 Å². The van der Waals surface area contributed by atoms with E-state index in [4.69, 9.17) is 16.3 Å².